The molecule has 0 spiro atoms. The van der Waals surface area contributed by atoms with Crippen molar-refractivity contribution in [2.45, 2.75) is 19.8 Å². The van der Waals surface area contributed by atoms with E-state index in [1.807, 2.05) is 18.2 Å². The van der Waals surface area contributed by atoms with Crippen LogP contribution < -0.4 is 10.6 Å². The standard InChI is InChI=1S/C14H23N3O/c1-2-11-18-12-10-17(9-8-14(15)16)13-6-4-3-5-7-13/h3-7H,2,8-12H2,1H3,(H3,15,16). The van der Waals surface area contributed by atoms with Crippen LogP contribution in [0.25, 0.3) is 0 Å². The average Bonchev–Trinajstić information content (AvgIpc) is 2.38. The smallest absolute Gasteiger partial charge is 0.0923 e. The minimum absolute atomic E-state index is 0.227. The van der Waals surface area contributed by atoms with E-state index in [9.17, 15) is 0 Å². The van der Waals surface area contributed by atoms with Crippen molar-refractivity contribution in [2.75, 3.05) is 31.2 Å². The number of hydrogen-bond acceptors (Lipinski definition) is 3. The number of nitrogens with zero attached hydrogens (tertiary/aromatic N) is 1. The van der Waals surface area contributed by atoms with Crippen molar-refractivity contribution in [3.05, 3.63) is 30.3 Å². The summed E-state index contributed by atoms with van der Waals surface area (Å²) in [4.78, 5) is 2.21. The summed E-state index contributed by atoms with van der Waals surface area (Å²) in [6.07, 6.45) is 1.63. The van der Waals surface area contributed by atoms with Crippen LogP contribution in [0.3, 0.4) is 0 Å². The van der Waals surface area contributed by atoms with Crippen LogP contribution in [0.5, 0.6) is 0 Å². The Balaban J connectivity index is 2.49. The zero-order valence-electron chi connectivity index (χ0n) is 11.1. The van der Waals surface area contributed by atoms with E-state index in [0.717, 1.165) is 31.8 Å². The first-order valence-corrected chi connectivity index (χ1v) is 6.44. The zero-order chi connectivity index (χ0) is 13.2. The normalized spacial score (nSPS) is 10.3. The second kappa shape index (κ2) is 8.53. The van der Waals surface area contributed by atoms with Crippen LogP contribution in [-0.2, 0) is 4.74 Å². The van der Waals surface area contributed by atoms with Crippen LogP contribution in [-0.4, -0.2) is 32.1 Å². The summed E-state index contributed by atoms with van der Waals surface area (Å²) in [7, 11) is 0. The molecule has 4 heteroatoms. The number of benzene rings is 1. The highest BCUT2D eigenvalue weighted by Crippen LogP contribution is 2.13. The molecule has 1 rings (SSSR count). The van der Waals surface area contributed by atoms with Gasteiger partial charge in [0, 0.05) is 31.8 Å². The average molecular weight is 249 g/mol. The van der Waals surface area contributed by atoms with Gasteiger partial charge >= 0.3 is 0 Å². The molecule has 0 aromatic heterocycles. The van der Waals surface area contributed by atoms with E-state index in [1.165, 1.54) is 0 Å². The van der Waals surface area contributed by atoms with Crippen LogP contribution in [0.1, 0.15) is 19.8 Å². The molecule has 0 unspecified atom stereocenters. The molecular formula is C14H23N3O. The van der Waals surface area contributed by atoms with Gasteiger partial charge in [-0.2, -0.15) is 0 Å². The van der Waals surface area contributed by atoms with Gasteiger partial charge in [0.15, 0.2) is 0 Å². The van der Waals surface area contributed by atoms with Crippen molar-refractivity contribution in [1.82, 2.24) is 0 Å². The minimum atomic E-state index is 0.227. The van der Waals surface area contributed by atoms with Crippen molar-refractivity contribution in [3.63, 3.8) is 0 Å². The van der Waals surface area contributed by atoms with Crippen molar-refractivity contribution < 1.29 is 4.74 Å². The fourth-order valence-corrected chi connectivity index (χ4v) is 1.69. The molecule has 0 bridgehead atoms. The number of hydrogen-bond donors (Lipinski definition) is 2. The molecule has 1 aromatic rings. The van der Waals surface area contributed by atoms with Crippen LogP contribution in [0.4, 0.5) is 5.69 Å². The lowest BCUT2D eigenvalue weighted by molar-refractivity contribution is 0.141. The zero-order valence-corrected chi connectivity index (χ0v) is 11.1. The molecule has 0 saturated heterocycles. The van der Waals surface area contributed by atoms with E-state index >= 15 is 0 Å². The largest absolute Gasteiger partial charge is 0.388 e. The van der Waals surface area contributed by atoms with Gasteiger partial charge in [0.1, 0.15) is 0 Å². The van der Waals surface area contributed by atoms with Crippen molar-refractivity contribution in [2.24, 2.45) is 5.73 Å². The Kier molecular flexibility index (Phi) is 6.87. The first kappa shape index (κ1) is 14.5. The second-order valence-corrected chi connectivity index (χ2v) is 4.21. The summed E-state index contributed by atoms with van der Waals surface area (Å²) >= 11 is 0. The number of nitrogens with two attached hydrogens (primary N) is 1. The third-order valence-corrected chi connectivity index (χ3v) is 2.63. The van der Waals surface area contributed by atoms with Gasteiger partial charge in [-0.05, 0) is 18.6 Å². The maximum atomic E-state index is 7.31. The SMILES string of the molecule is CCCOCCN(CCC(=N)N)c1ccccc1. The highest BCUT2D eigenvalue weighted by molar-refractivity contribution is 5.77. The first-order chi connectivity index (χ1) is 8.74. The van der Waals surface area contributed by atoms with E-state index in [1.54, 1.807) is 0 Å². The van der Waals surface area contributed by atoms with Crippen molar-refractivity contribution in [1.29, 1.82) is 5.41 Å². The van der Waals surface area contributed by atoms with Crippen LogP contribution >= 0.6 is 0 Å². The molecule has 3 N–H and O–H groups in total. The quantitative estimate of drug-likeness (QED) is 0.401. The number of nitrogens with one attached hydrogen (secondary N) is 1. The Hall–Kier alpha value is -1.55. The molecule has 0 aliphatic rings. The molecular weight excluding hydrogens is 226 g/mol. The van der Waals surface area contributed by atoms with E-state index in [2.05, 4.69) is 24.0 Å². The summed E-state index contributed by atoms with van der Waals surface area (Å²) in [5.74, 6) is 0.227. The molecule has 0 amide bonds. The van der Waals surface area contributed by atoms with Crippen molar-refractivity contribution >= 4 is 11.5 Å². The number of anilines is 1. The molecule has 1 aromatic carbocycles. The number of rotatable bonds is 9. The van der Waals surface area contributed by atoms with E-state index < -0.39 is 0 Å². The van der Waals surface area contributed by atoms with Gasteiger partial charge in [0.25, 0.3) is 0 Å². The van der Waals surface area contributed by atoms with Crippen LogP contribution in [0.15, 0.2) is 30.3 Å². The predicted molar refractivity (Wildman–Crippen MR) is 76.3 cm³/mol. The summed E-state index contributed by atoms with van der Waals surface area (Å²) in [5.41, 5.74) is 6.57. The fourth-order valence-electron chi connectivity index (χ4n) is 1.69. The molecule has 0 fully saturated rings. The third-order valence-electron chi connectivity index (χ3n) is 2.63. The van der Waals surface area contributed by atoms with E-state index in [0.29, 0.717) is 13.0 Å². The van der Waals surface area contributed by atoms with Gasteiger partial charge in [-0.15, -0.1) is 0 Å². The summed E-state index contributed by atoms with van der Waals surface area (Å²) in [5, 5.41) is 7.31. The van der Waals surface area contributed by atoms with E-state index in [4.69, 9.17) is 15.9 Å². The molecule has 0 aliphatic carbocycles. The highest BCUT2D eigenvalue weighted by Gasteiger charge is 2.06. The van der Waals surface area contributed by atoms with Gasteiger partial charge in [-0.3, -0.25) is 5.41 Å². The summed E-state index contributed by atoms with van der Waals surface area (Å²) in [6, 6.07) is 10.2. The third kappa shape index (κ3) is 5.68. The van der Waals surface area contributed by atoms with Gasteiger partial charge in [0.05, 0.1) is 12.4 Å². The molecule has 4 nitrogen and oxygen atoms in total. The Bertz CT molecular complexity index is 340. The monoisotopic (exact) mass is 249 g/mol. The lowest BCUT2D eigenvalue weighted by Gasteiger charge is -2.24. The molecule has 0 aliphatic heterocycles. The lowest BCUT2D eigenvalue weighted by atomic mass is 10.2. The fraction of sp³-hybridized carbons (Fsp3) is 0.500. The maximum absolute atomic E-state index is 7.31. The Labute approximate surface area is 109 Å². The molecule has 0 saturated carbocycles. The molecule has 0 atom stereocenters. The summed E-state index contributed by atoms with van der Waals surface area (Å²) < 4.78 is 5.51. The molecule has 0 radical (unpaired) electrons. The molecule has 0 heterocycles. The number of para-hydroxylation sites is 1. The topological polar surface area (TPSA) is 62.3 Å². The summed E-state index contributed by atoms with van der Waals surface area (Å²) in [6.45, 7) is 5.20. The second-order valence-electron chi connectivity index (χ2n) is 4.21. The Morgan fingerprint density at radius 3 is 2.56 bits per heavy atom. The van der Waals surface area contributed by atoms with Gasteiger partial charge < -0.3 is 15.4 Å². The number of amidine groups is 1. The van der Waals surface area contributed by atoms with Crippen LogP contribution in [0.2, 0.25) is 0 Å². The Morgan fingerprint density at radius 1 is 1.22 bits per heavy atom. The predicted octanol–water partition coefficient (Wildman–Crippen LogP) is 2.25. The van der Waals surface area contributed by atoms with E-state index in [-0.39, 0.29) is 5.84 Å². The van der Waals surface area contributed by atoms with Gasteiger partial charge in [0.2, 0.25) is 0 Å². The first-order valence-electron chi connectivity index (χ1n) is 6.44. The number of ether oxygens (including phenoxy) is 1. The lowest BCUT2D eigenvalue weighted by Crippen LogP contribution is -2.31. The van der Waals surface area contributed by atoms with Crippen LogP contribution in [0, 0.1) is 5.41 Å². The minimum Gasteiger partial charge on any atom is -0.388 e. The van der Waals surface area contributed by atoms with Crippen molar-refractivity contribution in [3.8, 4) is 0 Å². The maximum Gasteiger partial charge on any atom is 0.0923 e. The molecule has 18 heavy (non-hydrogen) atoms. The highest BCUT2D eigenvalue weighted by atomic mass is 16.5. The van der Waals surface area contributed by atoms with Gasteiger partial charge in [-0.25, -0.2) is 0 Å². The van der Waals surface area contributed by atoms with Gasteiger partial charge in [-0.1, -0.05) is 25.1 Å². The molecule has 100 valence electrons. The Morgan fingerprint density at radius 2 is 1.94 bits per heavy atom.